The van der Waals surface area contributed by atoms with Crippen molar-refractivity contribution in [2.24, 2.45) is 0 Å². The SMILES string of the molecule is CCOc1ncccc1NC(=O)C=Cc1cccnc1. The van der Waals surface area contributed by atoms with Gasteiger partial charge in [-0.2, -0.15) is 0 Å². The number of aromatic nitrogens is 2. The molecule has 0 unspecified atom stereocenters. The third-order valence-electron chi connectivity index (χ3n) is 2.42. The van der Waals surface area contributed by atoms with Crippen molar-refractivity contribution >= 4 is 17.7 Å². The maximum Gasteiger partial charge on any atom is 0.248 e. The second-order valence-electron chi connectivity index (χ2n) is 3.90. The predicted molar refractivity (Wildman–Crippen MR) is 77.3 cm³/mol. The van der Waals surface area contributed by atoms with Gasteiger partial charge < -0.3 is 10.1 Å². The lowest BCUT2D eigenvalue weighted by Gasteiger charge is -2.08. The summed E-state index contributed by atoms with van der Waals surface area (Å²) in [6.45, 7) is 2.36. The lowest BCUT2D eigenvalue weighted by Crippen LogP contribution is -2.10. The smallest absolute Gasteiger partial charge is 0.248 e. The zero-order valence-electron chi connectivity index (χ0n) is 11.1. The van der Waals surface area contributed by atoms with Crippen molar-refractivity contribution in [2.75, 3.05) is 11.9 Å². The Hall–Kier alpha value is -2.69. The Labute approximate surface area is 117 Å². The van der Waals surface area contributed by atoms with Crippen LogP contribution in [0.5, 0.6) is 5.88 Å². The molecule has 2 heterocycles. The van der Waals surface area contributed by atoms with Crippen LogP contribution in [0.25, 0.3) is 6.08 Å². The van der Waals surface area contributed by atoms with Crippen molar-refractivity contribution in [1.82, 2.24) is 9.97 Å². The molecule has 0 spiro atoms. The molecule has 20 heavy (non-hydrogen) atoms. The van der Waals surface area contributed by atoms with E-state index in [4.69, 9.17) is 4.74 Å². The molecule has 1 N–H and O–H groups in total. The summed E-state index contributed by atoms with van der Waals surface area (Å²) in [7, 11) is 0. The van der Waals surface area contributed by atoms with Crippen LogP contribution in [0.4, 0.5) is 5.69 Å². The number of carbonyl (C=O) groups is 1. The number of hydrogen-bond acceptors (Lipinski definition) is 4. The average molecular weight is 269 g/mol. The summed E-state index contributed by atoms with van der Waals surface area (Å²) in [5.74, 6) is 0.168. The highest BCUT2D eigenvalue weighted by atomic mass is 16.5. The van der Waals surface area contributed by atoms with Gasteiger partial charge in [0.05, 0.1) is 6.61 Å². The Morgan fingerprint density at radius 2 is 2.20 bits per heavy atom. The first-order valence-electron chi connectivity index (χ1n) is 6.26. The highest BCUT2D eigenvalue weighted by Crippen LogP contribution is 2.20. The lowest BCUT2D eigenvalue weighted by atomic mass is 10.2. The van der Waals surface area contributed by atoms with Crippen molar-refractivity contribution in [3.63, 3.8) is 0 Å². The molecule has 0 bridgehead atoms. The topological polar surface area (TPSA) is 64.1 Å². The largest absolute Gasteiger partial charge is 0.476 e. The molecule has 2 aromatic heterocycles. The molecule has 0 atom stereocenters. The van der Waals surface area contributed by atoms with Crippen molar-refractivity contribution in [1.29, 1.82) is 0 Å². The Bertz CT molecular complexity index is 597. The molecule has 0 saturated heterocycles. The van der Waals surface area contributed by atoms with Crippen molar-refractivity contribution < 1.29 is 9.53 Å². The molecule has 0 aliphatic carbocycles. The molecule has 0 aliphatic heterocycles. The van der Waals surface area contributed by atoms with Crippen LogP contribution in [0.1, 0.15) is 12.5 Å². The molecule has 0 aromatic carbocycles. The minimum atomic E-state index is -0.247. The maximum absolute atomic E-state index is 11.8. The van der Waals surface area contributed by atoms with Crippen molar-refractivity contribution in [2.45, 2.75) is 6.92 Å². The van der Waals surface area contributed by atoms with Gasteiger partial charge in [0, 0.05) is 24.7 Å². The second kappa shape index (κ2) is 7.04. The van der Waals surface area contributed by atoms with Gasteiger partial charge in [0.15, 0.2) is 0 Å². The van der Waals surface area contributed by atoms with E-state index in [2.05, 4.69) is 15.3 Å². The number of rotatable bonds is 5. The number of ether oxygens (including phenoxy) is 1. The molecule has 102 valence electrons. The van der Waals surface area contributed by atoms with Crippen LogP contribution in [-0.4, -0.2) is 22.5 Å². The van der Waals surface area contributed by atoms with E-state index in [1.807, 2.05) is 19.1 Å². The lowest BCUT2D eigenvalue weighted by molar-refractivity contribution is -0.111. The van der Waals surface area contributed by atoms with Gasteiger partial charge >= 0.3 is 0 Å². The van der Waals surface area contributed by atoms with Crippen molar-refractivity contribution in [3.05, 3.63) is 54.5 Å². The highest BCUT2D eigenvalue weighted by molar-refractivity contribution is 6.02. The minimum absolute atomic E-state index is 0.247. The molecule has 2 rings (SSSR count). The number of amides is 1. The van der Waals surface area contributed by atoms with Gasteiger partial charge in [-0.1, -0.05) is 6.07 Å². The van der Waals surface area contributed by atoms with Crippen LogP contribution >= 0.6 is 0 Å². The average Bonchev–Trinajstić information content (AvgIpc) is 2.49. The quantitative estimate of drug-likeness (QED) is 0.847. The van der Waals surface area contributed by atoms with E-state index >= 15 is 0 Å². The van der Waals surface area contributed by atoms with Crippen LogP contribution in [0, 0.1) is 0 Å². The summed E-state index contributed by atoms with van der Waals surface area (Å²) in [6.07, 6.45) is 8.12. The Balaban J connectivity index is 2.03. The fraction of sp³-hybridized carbons (Fsp3) is 0.133. The van der Waals surface area contributed by atoms with Gasteiger partial charge in [-0.25, -0.2) is 4.98 Å². The van der Waals surface area contributed by atoms with Gasteiger partial charge in [0.25, 0.3) is 0 Å². The van der Waals surface area contributed by atoms with Crippen LogP contribution in [-0.2, 0) is 4.79 Å². The molecule has 2 aromatic rings. The fourth-order valence-corrected chi connectivity index (χ4v) is 1.56. The Morgan fingerprint density at radius 3 is 2.95 bits per heavy atom. The summed E-state index contributed by atoms with van der Waals surface area (Å²) in [4.78, 5) is 19.9. The third kappa shape index (κ3) is 3.91. The van der Waals surface area contributed by atoms with Crippen LogP contribution in [0.2, 0.25) is 0 Å². The van der Waals surface area contributed by atoms with E-state index in [-0.39, 0.29) is 5.91 Å². The Kier molecular flexibility index (Phi) is 4.83. The van der Waals surface area contributed by atoms with Crippen molar-refractivity contribution in [3.8, 4) is 5.88 Å². The zero-order chi connectivity index (χ0) is 14.2. The third-order valence-corrected chi connectivity index (χ3v) is 2.42. The summed E-state index contributed by atoms with van der Waals surface area (Å²) < 4.78 is 5.34. The zero-order valence-corrected chi connectivity index (χ0v) is 11.1. The second-order valence-corrected chi connectivity index (χ2v) is 3.90. The standard InChI is InChI=1S/C15H15N3O2/c1-2-20-15-13(6-4-10-17-15)18-14(19)8-7-12-5-3-9-16-11-12/h3-11H,2H2,1H3,(H,18,19). The van der Waals surface area contributed by atoms with E-state index in [1.165, 1.54) is 6.08 Å². The van der Waals surface area contributed by atoms with Crippen LogP contribution < -0.4 is 10.1 Å². The number of nitrogens with one attached hydrogen (secondary N) is 1. The van der Waals surface area contributed by atoms with E-state index in [0.717, 1.165) is 5.56 Å². The first-order chi connectivity index (χ1) is 9.79. The van der Waals surface area contributed by atoms with E-state index in [9.17, 15) is 4.79 Å². The Morgan fingerprint density at radius 1 is 1.35 bits per heavy atom. The van der Waals surface area contributed by atoms with Gasteiger partial charge in [0.1, 0.15) is 5.69 Å². The first kappa shape index (κ1) is 13.7. The first-order valence-corrected chi connectivity index (χ1v) is 6.26. The number of pyridine rings is 2. The number of anilines is 1. The summed E-state index contributed by atoms with van der Waals surface area (Å²) in [5.41, 5.74) is 1.41. The minimum Gasteiger partial charge on any atom is -0.476 e. The van der Waals surface area contributed by atoms with Crippen LogP contribution in [0.3, 0.4) is 0 Å². The molecule has 5 nitrogen and oxygen atoms in total. The summed E-state index contributed by atoms with van der Waals surface area (Å²) in [6, 6.07) is 7.16. The maximum atomic E-state index is 11.8. The van der Waals surface area contributed by atoms with Gasteiger partial charge in [-0.3, -0.25) is 9.78 Å². The fourth-order valence-electron chi connectivity index (χ4n) is 1.56. The van der Waals surface area contributed by atoms with E-state index in [0.29, 0.717) is 18.2 Å². The molecule has 0 fully saturated rings. The molecule has 5 heteroatoms. The van der Waals surface area contributed by atoms with Crippen LogP contribution in [0.15, 0.2) is 48.9 Å². The molecule has 0 aliphatic rings. The van der Waals surface area contributed by atoms with Gasteiger partial charge in [0.2, 0.25) is 11.8 Å². The summed E-state index contributed by atoms with van der Waals surface area (Å²) >= 11 is 0. The normalized spacial score (nSPS) is 10.4. The molecule has 1 amide bonds. The van der Waals surface area contributed by atoms with E-state index in [1.54, 1.807) is 36.8 Å². The molecule has 0 radical (unpaired) electrons. The monoisotopic (exact) mass is 269 g/mol. The number of hydrogen-bond donors (Lipinski definition) is 1. The molecule has 0 saturated carbocycles. The number of nitrogens with zero attached hydrogens (tertiary/aromatic N) is 2. The van der Waals surface area contributed by atoms with Gasteiger partial charge in [-0.15, -0.1) is 0 Å². The number of carbonyl (C=O) groups excluding carboxylic acids is 1. The van der Waals surface area contributed by atoms with E-state index < -0.39 is 0 Å². The molecular formula is C15H15N3O2. The summed E-state index contributed by atoms with van der Waals surface area (Å²) in [5, 5.41) is 2.73. The highest BCUT2D eigenvalue weighted by Gasteiger charge is 2.05. The molecular weight excluding hydrogens is 254 g/mol. The van der Waals surface area contributed by atoms with Gasteiger partial charge in [-0.05, 0) is 36.8 Å². The predicted octanol–water partition coefficient (Wildman–Crippen LogP) is 2.53.